The summed E-state index contributed by atoms with van der Waals surface area (Å²) in [7, 11) is 4.05. The third kappa shape index (κ3) is 7.34. The highest BCUT2D eigenvalue weighted by Crippen LogP contribution is 1.99. The van der Waals surface area contributed by atoms with Crippen LogP contribution < -0.4 is 0 Å². The Balaban J connectivity index is 3.74. The van der Waals surface area contributed by atoms with Gasteiger partial charge < -0.3 is 9.64 Å². The van der Waals surface area contributed by atoms with Crippen LogP contribution in [0.5, 0.6) is 0 Å². The molecular formula is C11H19NO. The average molecular weight is 181 g/mol. The van der Waals surface area contributed by atoms with E-state index in [-0.39, 0.29) is 0 Å². The molecule has 0 fully saturated rings. The third-order valence-corrected chi connectivity index (χ3v) is 1.49. The first-order chi connectivity index (χ1) is 6.20. The molecule has 0 N–H and O–H groups in total. The number of hydrogen-bond donors (Lipinski definition) is 0. The molecule has 0 aliphatic heterocycles. The lowest BCUT2D eigenvalue weighted by Crippen LogP contribution is -2.17. The summed E-state index contributed by atoms with van der Waals surface area (Å²) in [4.78, 5) is 2.09. The van der Waals surface area contributed by atoms with Gasteiger partial charge in [-0.05, 0) is 33.2 Å². The lowest BCUT2D eigenvalue weighted by Gasteiger charge is -2.11. The maximum absolute atomic E-state index is 5.49. The molecule has 2 nitrogen and oxygen atoms in total. The van der Waals surface area contributed by atoms with Gasteiger partial charge in [0.05, 0.1) is 0 Å². The summed E-state index contributed by atoms with van der Waals surface area (Å²) in [6.45, 7) is 7.20. The molecule has 0 aliphatic carbocycles. The predicted octanol–water partition coefficient (Wildman–Crippen LogP) is 2.21. The Hall–Kier alpha value is -1.02. The minimum absolute atomic E-state index is 0.716. The molecule has 0 heterocycles. The van der Waals surface area contributed by atoms with Crippen molar-refractivity contribution in [2.45, 2.75) is 6.92 Å². The molecular weight excluding hydrogens is 162 g/mol. The topological polar surface area (TPSA) is 12.5 Å². The summed E-state index contributed by atoms with van der Waals surface area (Å²) in [6, 6.07) is 0. The molecule has 0 unspecified atom stereocenters. The zero-order valence-electron chi connectivity index (χ0n) is 8.79. The normalized spacial score (nSPS) is 12.5. The first kappa shape index (κ1) is 12.0. The summed E-state index contributed by atoms with van der Waals surface area (Å²) in [5, 5.41) is 0. The largest absolute Gasteiger partial charge is 0.493 e. The third-order valence-electron chi connectivity index (χ3n) is 1.49. The van der Waals surface area contributed by atoms with Crippen molar-refractivity contribution in [3.63, 3.8) is 0 Å². The van der Waals surface area contributed by atoms with Crippen molar-refractivity contribution in [3.8, 4) is 0 Å². The van der Waals surface area contributed by atoms with E-state index in [2.05, 4.69) is 11.5 Å². The molecule has 0 saturated heterocycles. The van der Waals surface area contributed by atoms with E-state index in [0.717, 1.165) is 12.3 Å². The Labute approximate surface area is 81.2 Å². The molecule has 0 atom stereocenters. The Morgan fingerprint density at radius 1 is 1.46 bits per heavy atom. The van der Waals surface area contributed by atoms with Crippen molar-refractivity contribution in [2.75, 3.05) is 27.2 Å². The molecule has 0 spiro atoms. The average Bonchev–Trinajstić information content (AvgIpc) is 2.10. The van der Waals surface area contributed by atoms with Crippen LogP contribution in [0.1, 0.15) is 6.92 Å². The van der Waals surface area contributed by atoms with E-state index in [9.17, 15) is 0 Å². The molecule has 13 heavy (non-hydrogen) atoms. The Bertz CT molecular complexity index is 192. The van der Waals surface area contributed by atoms with Gasteiger partial charge in [-0.25, -0.2) is 0 Å². The van der Waals surface area contributed by atoms with E-state index in [4.69, 9.17) is 4.74 Å². The standard InChI is InChI=1S/C11H19NO/c1-5-7-8-11(6-2)13-10-9-12(3)4/h5-8H,1,9-10H2,2-4H3/b8-7-,11-6+. The SMILES string of the molecule is C=C/C=C\C(=C/C)OCCN(C)C. The second kappa shape index (κ2) is 7.62. The highest BCUT2D eigenvalue weighted by Gasteiger charge is 1.92. The quantitative estimate of drug-likeness (QED) is 0.460. The Morgan fingerprint density at radius 2 is 2.15 bits per heavy atom. The zero-order valence-corrected chi connectivity index (χ0v) is 8.79. The predicted molar refractivity (Wildman–Crippen MR) is 57.6 cm³/mol. The number of ether oxygens (including phenoxy) is 1. The van der Waals surface area contributed by atoms with Gasteiger partial charge >= 0.3 is 0 Å². The van der Waals surface area contributed by atoms with Crippen LogP contribution >= 0.6 is 0 Å². The van der Waals surface area contributed by atoms with E-state index in [1.54, 1.807) is 6.08 Å². The van der Waals surface area contributed by atoms with Gasteiger partial charge in [0.15, 0.2) is 0 Å². The highest BCUT2D eigenvalue weighted by molar-refractivity contribution is 5.15. The molecule has 74 valence electrons. The van der Waals surface area contributed by atoms with Crippen molar-refractivity contribution < 1.29 is 4.74 Å². The van der Waals surface area contributed by atoms with Gasteiger partial charge in [-0.3, -0.25) is 0 Å². The fourth-order valence-electron chi connectivity index (χ4n) is 0.737. The summed E-state index contributed by atoms with van der Waals surface area (Å²) < 4.78 is 5.49. The van der Waals surface area contributed by atoms with Gasteiger partial charge in [0, 0.05) is 6.54 Å². The van der Waals surface area contributed by atoms with Crippen LogP contribution in [0.4, 0.5) is 0 Å². The number of hydrogen-bond acceptors (Lipinski definition) is 2. The van der Waals surface area contributed by atoms with Crippen LogP contribution in [0.25, 0.3) is 0 Å². The number of nitrogens with zero attached hydrogens (tertiary/aromatic N) is 1. The fourth-order valence-corrected chi connectivity index (χ4v) is 0.737. The van der Waals surface area contributed by atoms with Crippen LogP contribution in [0.2, 0.25) is 0 Å². The van der Waals surface area contributed by atoms with Crippen molar-refractivity contribution in [1.29, 1.82) is 0 Å². The molecule has 0 aromatic rings. The Morgan fingerprint density at radius 3 is 2.62 bits per heavy atom. The summed E-state index contributed by atoms with van der Waals surface area (Å²) >= 11 is 0. The second-order valence-corrected chi connectivity index (χ2v) is 2.94. The molecule has 0 aliphatic rings. The molecule has 0 aromatic carbocycles. The van der Waals surface area contributed by atoms with Gasteiger partial charge in [0.2, 0.25) is 0 Å². The van der Waals surface area contributed by atoms with Gasteiger partial charge in [-0.15, -0.1) is 0 Å². The fraction of sp³-hybridized carbons (Fsp3) is 0.455. The van der Waals surface area contributed by atoms with E-state index in [1.165, 1.54) is 0 Å². The molecule has 0 bridgehead atoms. The molecule has 0 amide bonds. The monoisotopic (exact) mass is 181 g/mol. The van der Waals surface area contributed by atoms with Crippen molar-refractivity contribution >= 4 is 0 Å². The lowest BCUT2D eigenvalue weighted by molar-refractivity contribution is 0.192. The van der Waals surface area contributed by atoms with Gasteiger partial charge in [0.1, 0.15) is 12.4 Å². The lowest BCUT2D eigenvalue weighted by atomic mass is 10.4. The van der Waals surface area contributed by atoms with Crippen LogP contribution in [0.3, 0.4) is 0 Å². The van der Waals surface area contributed by atoms with Gasteiger partial charge in [-0.1, -0.05) is 18.7 Å². The minimum Gasteiger partial charge on any atom is -0.493 e. The second-order valence-electron chi connectivity index (χ2n) is 2.94. The first-order valence-corrected chi connectivity index (χ1v) is 4.43. The zero-order chi connectivity index (χ0) is 10.1. The first-order valence-electron chi connectivity index (χ1n) is 4.43. The van der Waals surface area contributed by atoms with E-state index >= 15 is 0 Å². The van der Waals surface area contributed by atoms with Crippen molar-refractivity contribution in [3.05, 3.63) is 36.6 Å². The van der Waals surface area contributed by atoms with E-state index < -0.39 is 0 Å². The van der Waals surface area contributed by atoms with E-state index in [0.29, 0.717) is 6.61 Å². The maximum Gasteiger partial charge on any atom is 0.115 e. The van der Waals surface area contributed by atoms with Gasteiger partial charge in [-0.2, -0.15) is 0 Å². The van der Waals surface area contributed by atoms with Crippen LogP contribution in [-0.4, -0.2) is 32.1 Å². The summed E-state index contributed by atoms with van der Waals surface area (Å²) in [5.41, 5.74) is 0. The maximum atomic E-state index is 5.49. The van der Waals surface area contributed by atoms with Gasteiger partial charge in [0.25, 0.3) is 0 Å². The highest BCUT2D eigenvalue weighted by atomic mass is 16.5. The minimum atomic E-state index is 0.716. The Kier molecular flexibility index (Phi) is 7.02. The van der Waals surface area contributed by atoms with E-state index in [1.807, 2.05) is 39.2 Å². The van der Waals surface area contributed by atoms with Crippen molar-refractivity contribution in [2.24, 2.45) is 0 Å². The number of allylic oxidation sites excluding steroid dienone is 4. The molecule has 0 saturated carbocycles. The van der Waals surface area contributed by atoms with Crippen molar-refractivity contribution in [1.82, 2.24) is 4.90 Å². The van der Waals surface area contributed by atoms with Crippen LogP contribution in [0, 0.1) is 0 Å². The van der Waals surface area contributed by atoms with Crippen LogP contribution in [0.15, 0.2) is 36.6 Å². The van der Waals surface area contributed by atoms with Crippen LogP contribution in [-0.2, 0) is 4.74 Å². The molecule has 0 aromatic heterocycles. The number of likely N-dealkylation sites (N-methyl/N-ethyl adjacent to an activating group) is 1. The summed E-state index contributed by atoms with van der Waals surface area (Å²) in [5.74, 6) is 0.891. The summed E-state index contributed by atoms with van der Waals surface area (Å²) in [6.07, 6.45) is 7.45. The smallest absolute Gasteiger partial charge is 0.115 e. The molecule has 0 rings (SSSR count). The number of rotatable bonds is 6. The molecule has 0 radical (unpaired) electrons. The molecule has 2 heteroatoms.